The summed E-state index contributed by atoms with van der Waals surface area (Å²) < 4.78 is 11.0. The van der Waals surface area contributed by atoms with Crippen LogP contribution in [0.1, 0.15) is 11.1 Å². The second-order valence-electron chi connectivity index (χ2n) is 6.94. The zero-order valence-corrected chi connectivity index (χ0v) is 15.6. The molecule has 0 aliphatic carbocycles. The van der Waals surface area contributed by atoms with Gasteiger partial charge in [0.1, 0.15) is 24.4 Å². The standard InChI is InChI=1S/C21H24O8/c22-10-16-18(25)19(26)20(27)21(29-16)28-11-14-5-1-2-7-15(14)13-6-3-4-12(8-13)9-17(23)24/h1-8,16,18-22,25-27H,9-11H2,(H,23,24)/t16-,18-,19-,20+,21+/m1/s1. The van der Waals surface area contributed by atoms with Gasteiger partial charge in [-0.05, 0) is 22.3 Å². The molecule has 1 aliphatic rings. The maximum absolute atomic E-state index is 11.0. The fraction of sp³-hybridized carbons (Fsp3) is 0.381. The van der Waals surface area contributed by atoms with Crippen LogP contribution in [0.4, 0.5) is 0 Å². The molecule has 0 radical (unpaired) electrons. The molecule has 2 aromatic rings. The Morgan fingerprint density at radius 3 is 2.48 bits per heavy atom. The Labute approximate surface area is 167 Å². The van der Waals surface area contributed by atoms with E-state index in [1.54, 1.807) is 18.2 Å². The number of aliphatic carboxylic acids is 1. The lowest BCUT2D eigenvalue weighted by molar-refractivity contribution is -0.304. The molecule has 8 heteroatoms. The van der Waals surface area contributed by atoms with Crippen LogP contribution in [-0.4, -0.2) is 68.8 Å². The molecule has 5 N–H and O–H groups in total. The Morgan fingerprint density at radius 1 is 1.00 bits per heavy atom. The summed E-state index contributed by atoms with van der Waals surface area (Å²) in [6, 6.07) is 14.5. The molecule has 8 nitrogen and oxygen atoms in total. The van der Waals surface area contributed by atoms with Crippen molar-refractivity contribution in [3.8, 4) is 11.1 Å². The first-order chi connectivity index (χ1) is 13.9. The van der Waals surface area contributed by atoms with Crippen LogP contribution in [0.25, 0.3) is 11.1 Å². The van der Waals surface area contributed by atoms with Crippen LogP contribution in [-0.2, 0) is 27.3 Å². The van der Waals surface area contributed by atoms with Gasteiger partial charge in [0.25, 0.3) is 0 Å². The molecule has 1 fully saturated rings. The van der Waals surface area contributed by atoms with Crippen LogP contribution in [0.3, 0.4) is 0 Å². The number of hydrogen-bond donors (Lipinski definition) is 5. The van der Waals surface area contributed by atoms with Crippen LogP contribution in [0, 0.1) is 0 Å². The van der Waals surface area contributed by atoms with Crippen molar-refractivity contribution in [3.63, 3.8) is 0 Å². The van der Waals surface area contributed by atoms with Crippen molar-refractivity contribution in [2.45, 2.75) is 43.7 Å². The van der Waals surface area contributed by atoms with Crippen LogP contribution < -0.4 is 0 Å². The van der Waals surface area contributed by atoms with Crippen LogP contribution in [0.2, 0.25) is 0 Å². The van der Waals surface area contributed by atoms with Gasteiger partial charge >= 0.3 is 5.97 Å². The number of carboxylic acid groups (broad SMARTS) is 1. The normalized spacial score (nSPS) is 27.0. The van der Waals surface area contributed by atoms with Crippen LogP contribution in [0.15, 0.2) is 48.5 Å². The van der Waals surface area contributed by atoms with E-state index in [2.05, 4.69) is 0 Å². The van der Waals surface area contributed by atoms with E-state index in [9.17, 15) is 25.2 Å². The molecule has 1 aliphatic heterocycles. The largest absolute Gasteiger partial charge is 0.481 e. The van der Waals surface area contributed by atoms with Crippen molar-refractivity contribution < 1.29 is 39.8 Å². The summed E-state index contributed by atoms with van der Waals surface area (Å²) in [7, 11) is 0. The number of carbonyl (C=O) groups is 1. The van der Waals surface area contributed by atoms with Gasteiger partial charge in [-0.15, -0.1) is 0 Å². The molecule has 1 heterocycles. The third-order valence-electron chi connectivity index (χ3n) is 4.86. The molecule has 2 aromatic carbocycles. The zero-order chi connectivity index (χ0) is 21.0. The number of rotatable bonds is 7. The summed E-state index contributed by atoms with van der Waals surface area (Å²) in [6.45, 7) is -0.500. The third kappa shape index (κ3) is 4.99. The molecule has 3 rings (SSSR count). The van der Waals surface area contributed by atoms with E-state index in [0.717, 1.165) is 16.7 Å². The maximum Gasteiger partial charge on any atom is 0.307 e. The predicted octanol–water partition coefficient (Wildman–Crippen LogP) is 0.297. The second kappa shape index (κ2) is 9.45. The smallest absolute Gasteiger partial charge is 0.307 e. The number of ether oxygens (including phenoxy) is 2. The van der Waals surface area contributed by atoms with Gasteiger partial charge in [0.2, 0.25) is 0 Å². The zero-order valence-electron chi connectivity index (χ0n) is 15.6. The van der Waals surface area contributed by atoms with Gasteiger partial charge < -0.3 is 35.0 Å². The van der Waals surface area contributed by atoms with E-state index < -0.39 is 43.3 Å². The average molecular weight is 404 g/mol. The Balaban J connectivity index is 1.77. The van der Waals surface area contributed by atoms with E-state index in [0.29, 0.717) is 5.56 Å². The SMILES string of the molecule is O=C(O)Cc1cccc(-c2ccccc2CO[C@H]2O[C@H](CO)[C@@H](O)[C@@H](O)[C@@H]2O)c1. The number of hydrogen-bond acceptors (Lipinski definition) is 7. The van der Waals surface area contributed by atoms with Gasteiger partial charge in [-0.2, -0.15) is 0 Å². The third-order valence-corrected chi connectivity index (χ3v) is 4.86. The molecule has 0 aromatic heterocycles. The van der Waals surface area contributed by atoms with Crippen LogP contribution >= 0.6 is 0 Å². The van der Waals surface area contributed by atoms with Crippen molar-refractivity contribution in [1.29, 1.82) is 0 Å². The lowest BCUT2D eigenvalue weighted by Crippen LogP contribution is -2.59. The molecule has 156 valence electrons. The fourth-order valence-corrected chi connectivity index (χ4v) is 3.33. The molecule has 29 heavy (non-hydrogen) atoms. The number of carboxylic acids is 1. The van der Waals surface area contributed by atoms with E-state index >= 15 is 0 Å². The highest BCUT2D eigenvalue weighted by molar-refractivity contribution is 5.73. The number of aliphatic hydroxyl groups excluding tert-OH is 4. The summed E-state index contributed by atoms with van der Waals surface area (Å²) in [4.78, 5) is 11.0. The second-order valence-corrected chi connectivity index (χ2v) is 6.94. The Bertz CT molecular complexity index is 837. The summed E-state index contributed by atoms with van der Waals surface area (Å²) in [5, 5.41) is 48.1. The van der Waals surface area contributed by atoms with Crippen molar-refractivity contribution in [2.24, 2.45) is 0 Å². The van der Waals surface area contributed by atoms with Gasteiger partial charge in [-0.1, -0.05) is 48.5 Å². The molecule has 0 spiro atoms. The molecule has 5 atom stereocenters. The lowest BCUT2D eigenvalue weighted by Gasteiger charge is -2.39. The average Bonchev–Trinajstić information content (AvgIpc) is 2.71. The summed E-state index contributed by atoms with van der Waals surface area (Å²) >= 11 is 0. The van der Waals surface area contributed by atoms with Gasteiger partial charge in [-0.25, -0.2) is 0 Å². The maximum atomic E-state index is 11.0. The van der Waals surface area contributed by atoms with Crippen molar-refractivity contribution in [1.82, 2.24) is 0 Å². The molecule has 0 saturated carbocycles. The Morgan fingerprint density at radius 2 is 1.76 bits per heavy atom. The summed E-state index contributed by atoms with van der Waals surface area (Å²) in [5.41, 5.74) is 3.07. The topological polar surface area (TPSA) is 137 Å². The summed E-state index contributed by atoms with van der Waals surface area (Å²) in [6.07, 6.45) is -6.78. The molecule has 1 saturated heterocycles. The minimum absolute atomic E-state index is 0.0298. The molecular formula is C21H24O8. The van der Waals surface area contributed by atoms with Crippen molar-refractivity contribution >= 4 is 5.97 Å². The minimum atomic E-state index is -1.51. The lowest BCUT2D eigenvalue weighted by atomic mass is 9.97. The molecule has 0 amide bonds. The van der Waals surface area contributed by atoms with E-state index in [1.807, 2.05) is 30.3 Å². The fourth-order valence-electron chi connectivity index (χ4n) is 3.33. The number of benzene rings is 2. The van der Waals surface area contributed by atoms with E-state index in [-0.39, 0.29) is 13.0 Å². The first-order valence-electron chi connectivity index (χ1n) is 9.22. The Kier molecular flexibility index (Phi) is 6.96. The number of aliphatic hydroxyl groups is 4. The van der Waals surface area contributed by atoms with Gasteiger partial charge in [0.15, 0.2) is 6.29 Å². The van der Waals surface area contributed by atoms with Gasteiger partial charge in [0, 0.05) is 0 Å². The first-order valence-corrected chi connectivity index (χ1v) is 9.22. The van der Waals surface area contributed by atoms with Crippen LogP contribution in [0.5, 0.6) is 0 Å². The quantitative estimate of drug-likeness (QED) is 0.444. The van der Waals surface area contributed by atoms with Gasteiger partial charge in [0.05, 0.1) is 19.6 Å². The van der Waals surface area contributed by atoms with Gasteiger partial charge in [-0.3, -0.25) is 4.79 Å². The van der Waals surface area contributed by atoms with Crippen molar-refractivity contribution in [3.05, 3.63) is 59.7 Å². The highest BCUT2D eigenvalue weighted by Gasteiger charge is 2.44. The first kappa shape index (κ1) is 21.4. The predicted molar refractivity (Wildman–Crippen MR) is 102 cm³/mol. The van der Waals surface area contributed by atoms with Crippen molar-refractivity contribution in [2.75, 3.05) is 6.61 Å². The highest BCUT2D eigenvalue weighted by Crippen LogP contribution is 2.28. The summed E-state index contributed by atoms with van der Waals surface area (Å²) in [5.74, 6) is -0.915. The minimum Gasteiger partial charge on any atom is -0.481 e. The monoisotopic (exact) mass is 404 g/mol. The highest BCUT2D eigenvalue weighted by atomic mass is 16.7. The molecule has 0 bridgehead atoms. The van der Waals surface area contributed by atoms with E-state index in [1.165, 1.54) is 0 Å². The molecule has 0 unspecified atom stereocenters. The molecular weight excluding hydrogens is 380 g/mol. The van der Waals surface area contributed by atoms with E-state index in [4.69, 9.17) is 14.6 Å². The Hall–Kier alpha value is -2.33.